The van der Waals surface area contributed by atoms with E-state index in [2.05, 4.69) is 70.2 Å². The van der Waals surface area contributed by atoms with Gasteiger partial charge in [0.15, 0.2) is 0 Å². The van der Waals surface area contributed by atoms with Crippen LogP contribution in [0.3, 0.4) is 0 Å². The second-order valence-corrected chi connectivity index (χ2v) is 7.39. The molecule has 2 aromatic carbocycles. The number of benzene rings is 2. The molecule has 0 amide bonds. The van der Waals surface area contributed by atoms with Crippen LogP contribution in [0.5, 0.6) is 0 Å². The van der Waals surface area contributed by atoms with E-state index < -0.39 is 0 Å². The van der Waals surface area contributed by atoms with Gasteiger partial charge in [0.1, 0.15) is 0 Å². The summed E-state index contributed by atoms with van der Waals surface area (Å²) in [4.78, 5) is 0. The maximum atomic E-state index is 4.81. The van der Waals surface area contributed by atoms with Gasteiger partial charge in [0.25, 0.3) is 0 Å². The summed E-state index contributed by atoms with van der Waals surface area (Å²) in [6.45, 7) is 2.72. The standard InChI is InChI=1S/C23H18N6/c1-15-20-10-17(7-9-22(20)25-24-15)23-11-19-8-6-16(13-29(19)27-23)12-28-14-18-4-2-3-5-21(18)26-28/h2-11,13-14H,12H2,1H3,(H,24,25). The lowest BCUT2D eigenvalue weighted by atomic mass is 10.1. The summed E-state index contributed by atoms with van der Waals surface area (Å²) in [5.74, 6) is 0. The molecular weight excluding hydrogens is 360 g/mol. The number of H-pyrrole nitrogens is 1. The Balaban J connectivity index is 1.36. The van der Waals surface area contributed by atoms with Gasteiger partial charge in [-0.05, 0) is 42.8 Å². The number of nitrogens with one attached hydrogen (secondary N) is 1. The van der Waals surface area contributed by atoms with Crippen LogP contribution in [0, 0.1) is 6.92 Å². The average molecular weight is 378 g/mol. The van der Waals surface area contributed by atoms with Crippen LogP contribution in [-0.4, -0.2) is 29.6 Å². The molecule has 6 nitrogen and oxygen atoms in total. The van der Waals surface area contributed by atoms with Crippen molar-refractivity contribution in [2.45, 2.75) is 13.5 Å². The quantitative estimate of drug-likeness (QED) is 0.490. The number of fused-ring (bicyclic) bond motifs is 3. The Morgan fingerprint density at radius 3 is 2.79 bits per heavy atom. The van der Waals surface area contributed by atoms with Crippen LogP contribution in [-0.2, 0) is 6.54 Å². The fourth-order valence-electron chi connectivity index (χ4n) is 3.85. The summed E-state index contributed by atoms with van der Waals surface area (Å²) in [5.41, 5.74) is 7.32. The Bertz CT molecular complexity index is 1470. The molecule has 0 fully saturated rings. The SMILES string of the molecule is Cc1n[nH]c2ccc(-c3cc4ccc(Cn5cc6ccccc6n5)cn4n3)cc12. The third-order valence-corrected chi connectivity index (χ3v) is 5.38. The molecule has 4 heterocycles. The van der Waals surface area contributed by atoms with E-state index in [1.54, 1.807) is 0 Å². The molecule has 0 aliphatic heterocycles. The monoisotopic (exact) mass is 378 g/mol. The number of aromatic amines is 1. The van der Waals surface area contributed by atoms with Crippen LogP contribution >= 0.6 is 0 Å². The summed E-state index contributed by atoms with van der Waals surface area (Å²) < 4.78 is 3.92. The van der Waals surface area contributed by atoms with Crippen molar-refractivity contribution in [1.82, 2.24) is 29.6 Å². The molecule has 0 aliphatic carbocycles. The minimum Gasteiger partial charge on any atom is -0.278 e. The highest BCUT2D eigenvalue weighted by molar-refractivity contribution is 5.86. The summed E-state index contributed by atoms with van der Waals surface area (Å²) in [6.07, 6.45) is 4.16. The van der Waals surface area contributed by atoms with Crippen molar-refractivity contribution in [2.75, 3.05) is 0 Å². The number of hydrogen-bond donors (Lipinski definition) is 1. The first-order valence-electron chi connectivity index (χ1n) is 9.58. The van der Waals surface area contributed by atoms with Crippen molar-refractivity contribution >= 4 is 27.3 Å². The lowest BCUT2D eigenvalue weighted by Gasteiger charge is -2.02. The van der Waals surface area contributed by atoms with Gasteiger partial charge >= 0.3 is 0 Å². The van der Waals surface area contributed by atoms with Gasteiger partial charge in [-0.1, -0.05) is 30.3 Å². The molecule has 0 bridgehead atoms. The molecule has 0 spiro atoms. The van der Waals surface area contributed by atoms with E-state index >= 15 is 0 Å². The molecule has 0 saturated heterocycles. The zero-order valence-corrected chi connectivity index (χ0v) is 15.9. The number of rotatable bonds is 3. The molecule has 1 N–H and O–H groups in total. The molecule has 29 heavy (non-hydrogen) atoms. The summed E-state index contributed by atoms with van der Waals surface area (Å²) in [5, 5.41) is 19.1. The van der Waals surface area contributed by atoms with Gasteiger partial charge in [-0.2, -0.15) is 15.3 Å². The van der Waals surface area contributed by atoms with Crippen molar-refractivity contribution < 1.29 is 0 Å². The largest absolute Gasteiger partial charge is 0.278 e. The molecule has 0 saturated carbocycles. The van der Waals surface area contributed by atoms with Crippen molar-refractivity contribution in [1.29, 1.82) is 0 Å². The van der Waals surface area contributed by atoms with Crippen LogP contribution in [0.15, 0.2) is 73.1 Å². The maximum absolute atomic E-state index is 4.81. The van der Waals surface area contributed by atoms with Crippen LogP contribution in [0.2, 0.25) is 0 Å². The van der Waals surface area contributed by atoms with E-state index in [1.807, 2.05) is 34.3 Å². The molecule has 140 valence electrons. The van der Waals surface area contributed by atoms with E-state index in [1.165, 1.54) is 0 Å². The number of hydrogen-bond acceptors (Lipinski definition) is 3. The molecular formula is C23H18N6. The fraction of sp³-hybridized carbons (Fsp3) is 0.0870. The van der Waals surface area contributed by atoms with E-state index in [0.29, 0.717) is 6.54 Å². The molecule has 6 heteroatoms. The molecule has 6 aromatic rings. The van der Waals surface area contributed by atoms with Crippen LogP contribution in [0.1, 0.15) is 11.3 Å². The zero-order valence-electron chi connectivity index (χ0n) is 15.9. The summed E-state index contributed by atoms with van der Waals surface area (Å²) in [7, 11) is 0. The lowest BCUT2D eigenvalue weighted by Crippen LogP contribution is -2.01. The first-order valence-corrected chi connectivity index (χ1v) is 9.58. The van der Waals surface area contributed by atoms with Gasteiger partial charge in [-0.3, -0.25) is 9.78 Å². The number of pyridine rings is 1. The van der Waals surface area contributed by atoms with E-state index in [9.17, 15) is 0 Å². The Morgan fingerprint density at radius 2 is 1.86 bits per heavy atom. The Labute approximate surface area is 166 Å². The highest BCUT2D eigenvalue weighted by Crippen LogP contribution is 2.25. The normalized spacial score (nSPS) is 11.8. The van der Waals surface area contributed by atoms with Crippen molar-refractivity contribution in [3.63, 3.8) is 0 Å². The van der Waals surface area contributed by atoms with Crippen LogP contribution < -0.4 is 0 Å². The third-order valence-electron chi connectivity index (χ3n) is 5.38. The second kappa shape index (κ2) is 6.04. The zero-order chi connectivity index (χ0) is 19.4. The predicted molar refractivity (Wildman–Crippen MR) is 114 cm³/mol. The molecule has 0 unspecified atom stereocenters. The Kier molecular flexibility index (Phi) is 3.34. The number of aryl methyl sites for hydroxylation is 1. The first-order chi connectivity index (χ1) is 14.2. The van der Waals surface area contributed by atoms with Crippen LogP contribution in [0.25, 0.3) is 38.6 Å². The van der Waals surface area contributed by atoms with E-state index in [0.717, 1.165) is 49.8 Å². The minimum atomic E-state index is 0.708. The van der Waals surface area contributed by atoms with Gasteiger partial charge in [0.05, 0.1) is 34.5 Å². The van der Waals surface area contributed by atoms with Gasteiger partial charge in [0, 0.05) is 28.7 Å². The maximum Gasteiger partial charge on any atom is 0.0933 e. The predicted octanol–water partition coefficient (Wildman–Crippen LogP) is 4.58. The molecule has 4 aromatic heterocycles. The summed E-state index contributed by atoms with van der Waals surface area (Å²) >= 11 is 0. The van der Waals surface area contributed by atoms with Crippen molar-refractivity contribution in [2.24, 2.45) is 0 Å². The third kappa shape index (κ3) is 2.69. The van der Waals surface area contributed by atoms with Gasteiger partial charge < -0.3 is 0 Å². The van der Waals surface area contributed by atoms with Crippen LogP contribution in [0.4, 0.5) is 0 Å². The first kappa shape index (κ1) is 16.1. The van der Waals surface area contributed by atoms with Gasteiger partial charge in [-0.15, -0.1) is 0 Å². The van der Waals surface area contributed by atoms with Crippen molar-refractivity contribution in [3.05, 3.63) is 84.3 Å². The molecule has 0 aliphatic rings. The lowest BCUT2D eigenvalue weighted by molar-refractivity contribution is 0.690. The average Bonchev–Trinajstić information content (AvgIpc) is 3.43. The fourth-order valence-corrected chi connectivity index (χ4v) is 3.85. The Morgan fingerprint density at radius 1 is 0.931 bits per heavy atom. The molecule has 0 radical (unpaired) electrons. The van der Waals surface area contributed by atoms with Gasteiger partial charge in [-0.25, -0.2) is 4.52 Å². The van der Waals surface area contributed by atoms with E-state index in [4.69, 9.17) is 5.10 Å². The molecule has 0 atom stereocenters. The van der Waals surface area contributed by atoms with Crippen molar-refractivity contribution in [3.8, 4) is 11.3 Å². The number of nitrogens with zero attached hydrogens (tertiary/aromatic N) is 5. The molecule has 6 rings (SSSR count). The smallest absolute Gasteiger partial charge is 0.0933 e. The van der Waals surface area contributed by atoms with Gasteiger partial charge in [0.2, 0.25) is 0 Å². The Hall–Kier alpha value is -3.93. The van der Waals surface area contributed by atoms with E-state index in [-0.39, 0.29) is 0 Å². The number of aromatic nitrogens is 6. The summed E-state index contributed by atoms with van der Waals surface area (Å²) in [6, 6.07) is 20.8. The second-order valence-electron chi connectivity index (χ2n) is 7.39. The topological polar surface area (TPSA) is 63.8 Å². The highest BCUT2D eigenvalue weighted by atomic mass is 15.3. The minimum absolute atomic E-state index is 0.708. The highest BCUT2D eigenvalue weighted by Gasteiger charge is 2.09.